The number of carbonyl (C=O) groups excluding carboxylic acids is 7. The molecule has 14 nitrogen and oxygen atoms in total. The zero-order valence-electron chi connectivity index (χ0n) is 14.8. The second-order valence-corrected chi connectivity index (χ2v) is 5.19. The summed E-state index contributed by atoms with van der Waals surface area (Å²) >= 11 is 0. The molecule has 0 bridgehead atoms. The third-order valence-corrected chi connectivity index (χ3v) is 2.92. The van der Waals surface area contributed by atoms with Crippen LogP contribution >= 0.6 is 0 Å². The number of hydrogen-bond donors (Lipinski definition) is 7. The zero-order chi connectivity index (χ0) is 21.5. The van der Waals surface area contributed by atoms with Gasteiger partial charge in [-0.15, -0.1) is 0 Å². The predicted octanol–water partition coefficient (Wildman–Crippen LogP) is -6.12. The minimum atomic E-state index is -1.33. The van der Waals surface area contributed by atoms with Gasteiger partial charge in [-0.1, -0.05) is 0 Å². The van der Waals surface area contributed by atoms with Crippen LogP contribution in [-0.4, -0.2) is 80.5 Å². The highest BCUT2D eigenvalue weighted by Gasteiger charge is 2.22. The highest BCUT2D eigenvalue weighted by Crippen LogP contribution is 1.92. The molecule has 14 heteroatoms. The summed E-state index contributed by atoms with van der Waals surface area (Å²) < 4.78 is 0. The largest absolute Gasteiger partial charge is 0.370 e. The Hall–Kier alpha value is -3.55. The van der Waals surface area contributed by atoms with Crippen LogP contribution in [0.2, 0.25) is 0 Å². The first-order valence-electron chi connectivity index (χ1n) is 7.90. The lowest BCUT2D eigenvalue weighted by Crippen LogP contribution is -2.51. The van der Waals surface area contributed by atoms with Gasteiger partial charge in [0.15, 0.2) is 0 Å². The van der Waals surface area contributed by atoms with Gasteiger partial charge in [0, 0.05) is 0 Å². The summed E-state index contributed by atoms with van der Waals surface area (Å²) in [6, 6.07) is -1.33. The maximum Gasteiger partial charge on any atom is 0.243 e. The van der Waals surface area contributed by atoms with Crippen molar-refractivity contribution in [1.82, 2.24) is 26.6 Å². The van der Waals surface area contributed by atoms with Crippen molar-refractivity contribution in [2.24, 2.45) is 11.5 Å². The van der Waals surface area contributed by atoms with Crippen LogP contribution in [0.15, 0.2) is 0 Å². The Labute approximate surface area is 159 Å². The lowest BCUT2D eigenvalue weighted by Gasteiger charge is -2.16. The fourth-order valence-electron chi connectivity index (χ4n) is 1.64. The smallest absolute Gasteiger partial charge is 0.243 e. The van der Waals surface area contributed by atoms with Crippen molar-refractivity contribution in [3.8, 4) is 0 Å². The highest BCUT2D eigenvalue weighted by molar-refractivity contribution is 5.94. The first-order valence-corrected chi connectivity index (χ1v) is 7.90. The monoisotopic (exact) mass is 400 g/mol. The van der Waals surface area contributed by atoms with Crippen LogP contribution in [0.5, 0.6) is 0 Å². The average Bonchev–Trinajstić information content (AvgIpc) is 2.65. The van der Waals surface area contributed by atoms with Gasteiger partial charge in [-0.05, 0) is 0 Å². The van der Waals surface area contributed by atoms with Gasteiger partial charge in [0.2, 0.25) is 41.7 Å². The van der Waals surface area contributed by atoms with Crippen molar-refractivity contribution < 1.29 is 33.6 Å². The zero-order valence-corrected chi connectivity index (χ0v) is 14.8. The molecule has 0 spiro atoms. The molecule has 0 aliphatic carbocycles. The van der Waals surface area contributed by atoms with Gasteiger partial charge < -0.3 is 38.1 Å². The normalized spacial score (nSPS) is 10.8. The van der Waals surface area contributed by atoms with E-state index >= 15 is 0 Å². The molecule has 0 aliphatic rings. The van der Waals surface area contributed by atoms with Crippen LogP contribution in [0, 0.1) is 0 Å². The molecule has 0 unspecified atom stereocenters. The molecule has 1 atom stereocenters. The summed E-state index contributed by atoms with van der Waals surface area (Å²) in [6.45, 7) is -2.12. The molecule has 1 radical (unpaired) electrons. The van der Waals surface area contributed by atoms with Gasteiger partial charge in [-0.3, -0.25) is 33.6 Å². The van der Waals surface area contributed by atoms with Crippen molar-refractivity contribution in [1.29, 1.82) is 0 Å². The predicted molar refractivity (Wildman–Crippen MR) is 92.5 cm³/mol. The molecule has 0 aliphatic heterocycles. The Morgan fingerprint density at radius 1 is 0.786 bits per heavy atom. The lowest BCUT2D eigenvalue weighted by molar-refractivity contribution is -0.131. The third-order valence-electron chi connectivity index (χ3n) is 2.92. The second kappa shape index (κ2) is 13.6. The molecule has 0 aromatic heterocycles. The van der Waals surface area contributed by atoms with E-state index in [2.05, 4.69) is 26.6 Å². The molecule has 0 aromatic carbocycles. The summed E-state index contributed by atoms with van der Waals surface area (Å²) in [7, 11) is 0. The fourth-order valence-corrected chi connectivity index (χ4v) is 1.64. The topological polar surface area (TPSA) is 232 Å². The summed E-state index contributed by atoms with van der Waals surface area (Å²) in [4.78, 5) is 78.4. The fraction of sp³-hybridized carbons (Fsp3) is 0.500. The van der Waals surface area contributed by atoms with E-state index < -0.39 is 67.5 Å². The van der Waals surface area contributed by atoms with Crippen LogP contribution in [-0.2, 0) is 33.6 Å². The van der Waals surface area contributed by atoms with Crippen molar-refractivity contribution >= 4 is 41.7 Å². The van der Waals surface area contributed by atoms with E-state index in [-0.39, 0.29) is 13.1 Å². The third kappa shape index (κ3) is 11.9. The summed E-state index contributed by atoms with van der Waals surface area (Å²) in [5, 5.41) is 10.8. The Morgan fingerprint density at radius 3 is 1.75 bits per heavy atom. The van der Waals surface area contributed by atoms with E-state index in [1.165, 1.54) is 6.29 Å². The summed E-state index contributed by atoms with van der Waals surface area (Å²) in [5.74, 6) is -4.42. The first-order chi connectivity index (χ1) is 13.2. The van der Waals surface area contributed by atoms with Crippen molar-refractivity contribution in [3.63, 3.8) is 0 Å². The molecular formula is C14H22N7O7. The van der Waals surface area contributed by atoms with E-state index in [4.69, 9.17) is 11.5 Å². The molecule has 155 valence electrons. The van der Waals surface area contributed by atoms with Gasteiger partial charge in [0.25, 0.3) is 0 Å². The first kappa shape index (κ1) is 24.5. The Balaban J connectivity index is 4.30. The van der Waals surface area contributed by atoms with Crippen molar-refractivity contribution in [3.05, 3.63) is 0 Å². The Kier molecular flexibility index (Phi) is 11.9. The highest BCUT2D eigenvalue weighted by atomic mass is 16.2. The van der Waals surface area contributed by atoms with Crippen LogP contribution < -0.4 is 38.1 Å². The molecule has 0 heterocycles. The van der Waals surface area contributed by atoms with E-state index in [0.29, 0.717) is 0 Å². The molecule has 6 amide bonds. The molecule has 0 rings (SSSR count). The standard InChI is InChI=1S/C14H22N7O7/c15-4-10(24)18-5-11(25)19-6-12(26)20-7-13(27)21-8(3-9(16)23)14(28)17-1-2-22/h8H,1,3-7,15H2,(H2,16,23)(H,17,28)(H,18,24)(H,19,25)(H,20,26)(H,21,27)/t8-/m0/s1. The maximum atomic E-state index is 11.8. The van der Waals surface area contributed by atoms with Crippen LogP contribution in [0.4, 0.5) is 0 Å². The quantitative estimate of drug-likeness (QED) is 0.157. The second-order valence-electron chi connectivity index (χ2n) is 5.19. The molecule has 9 N–H and O–H groups in total. The molecular weight excluding hydrogens is 378 g/mol. The lowest BCUT2D eigenvalue weighted by atomic mass is 10.2. The molecule has 0 saturated carbocycles. The summed E-state index contributed by atoms with van der Waals surface area (Å²) in [5.41, 5.74) is 10.0. The van der Waals surface area contributed by atoms with Gasteiger partial charge >= 0.3 is 0 Å². The molecule has 28 heavy (non-hydrogen) atoms. The Bertz CT molecular complexity index is 623. The van der Waals surface area contributed by atoms with Crippen LogP contribution in [0.1, 0.15) is 6.42 Å². The van der Waals surface area contributed by atoms with Crippen molar-refractivity contribution in [2.75, 3.05) is 32.7 Å². The number of amides is 6. The minimum absolute atomic E-state index is 0.287. The van der Waals surface area contributed by atoms with Crippen LogP contribution in [0.25, 0.3) is 0 Å². The minimum Gasteiger partial charge on any atom is -0.370 e. The maximum absolute atomic E-state index is 11.8. The summed E-state index contributed by atoms with van der Waals surface area (Å²) in [6.07, 6.45) is 0.891. The molecule has 0 saturated heterocycles. The van der Waals surface area contributed by atoms with E-state index in [0.717, 1.165) is 0 Å². The van der Waals surface area contributed by atoms with Gasteiger partial charge in [0.1, 0.15) is 6.04 Å². The number of nitrogens with one attached hydrogen (secondary N) is 5. The number of carbonyl (C=O) groups is 6. The van der Waals surface area contributed by atoms with Crippen LogP contribution in [0.3, 0.4) is 0 Å². The number of nitrogens with two attached hydrogens (primary N) is 2. The number of primary amides is 1. The Morgan fingerprint density at radius 2 is 1.29 bits per heavy atom. The van der Waals surface area contributed by atoms with Gasteiger partial charge in [0.05, 0.1) is 39.1 Å². The number of rotatable bonds is 13. The van der Waals surface area contributed by atoms with E-state index in [1.807, 2.05) is 0 Å². The average molecular weight is 400 g/mol. The number of hydrogen-bond acceptors (Lipinski definition) is 8. The van der Waals surface area contributed by atoms with Gasteiger partial charge in [-0.2, -0.15) is 0 Å². The van der Waals surface area contributed by atoms with Crippen molar-refractivity contribution in [2.45, 2.75) is 12.5 Å². The van der Waals surface area contributed by atoms with E-state index in [9.17, 15) is 33.6 Å². The molecule has 0 aromatic rings. The van der Waals surface area contributed by atoms with Gasteiger partial charge in [-0.25, -0.2) is 0 Å². The SMILES string of the molecule is NCC(=O)NCC(=O)NCC(=O)NCC(=O)N[C@@H](CC(N)=O)C(=O)NC[C]=O. The molecule has 0 fully saturated rings. The van der Waals surface area contributed by atoms with E-state index in [1.54, 1.807) is 0 Å².